The van der Waals surface area contributed by atoms with Gasteiger partial charge in [0, 0.05) is 16.2 Å². The van der Waals surface area contributed by atoms with E-state index < -0.39 is 0 Å². The molecule has 4 nitrogen and oxygen atoms in total. The van der Waals surface area contributed by atoms with Crippen LogP contribution < -0.4 is 10.6 Å². The lowest BCUT2D eigenvalue weighted by molar-refractivity contribution is 0.955. The minimum atomic E-state index is 0.759. The largest absolute Gasteiger partial charge is 0.370 e. The van der Waals surface area contributed by atoms with Crippen molar-refractivity contribution in [1.29, 1.82) is 0 Å². The summed E-state index contributed by atoms with van der Waals surface area (Å²) in [6.45, 7) is 4.95. The smallest absolute Gasteiger partial charge is 0.136 e. The van der Waals surface area contributed by atoms with Crippen molar-refractivity contribution in [1.82, 2.24) is 9.97 Å². The van der Waals surface area contributed by atoms with Gasteiger partial charge >= 0.3 is 0 Å². The number of benzene rings is 1. The van der Waals surface area contributed by atoms with Crippen LogP contribution in [0, 0.1) is 10.5 Å². The maximum Gasteiger partial charge on any atom is 0.136 e. The first-order valence-corrected chi connectivity index (χ1v) is 7.38. The van der Waals surface area contributed by atoms with E-state index in [0.717, 1.165) is 36.1 Å². The highest BCUT2D eigenvalue weighted by Gasteiger charge is 2.04. The molecule has 0 aliphatic heterocycles. The fourth-order valence-corrected chi connectivity index (χ4v) is 2.20. The molecule has 0 spiro atoms. The van der Waals surface area contributed by atoms with Crippen LogP contribution in [0.5, 0.6) is 0 Å². The number of aromatic nitrogens is 2. The molecule has 0 saturated heterocycles. The van der Waals surface area contributed by atoms with Crippen LogP contribution in [0.4, 0.5) is 17.3 Å². The Hall–Kier alpha value is -1.37. The average Bonchev–Trinajstić information content (AvgIpc) is 2.38. The van der Waals surface area contributed by atoms with E-state index >= 15 is 0 Å². The first-order chi connectivity index (χ1) is 9.19. The molecule has 0 aliphatic carbocycles. The molecule has 19 heavy (non-hydrogen) atoms. The second-order valence-electron chi connectivity index (χ2n) is 4.22. The number of hydrogen-bond donors (Lipinski definition) is 2. The Morgan fingerprint density at radius 1 is 1.16 bits per heavy atom. The summed E-state index contributed by atoms with van der Waals surface area (Å²) in [7, 11) is 0. The molecule has 1 aromatic heterocycles. The van der Waals surface area contributed by atoms with Gasteiger partial charge in [0.05, 0.1) is 5.69 Å². The Balaban J connectivity index is 2.20. The van der Waals surface area contributed by atoms with Crippen LogP contribution in [0.15, 0.2) is 30.3 Å². The molecule has 5 heteroatoms. The number of halogens is 1. The normalized spacial score (nSPS) is 10.3. The standard InChI is InChI=1S/C14H17IN4/c1-3-8-16-13-9-14(18-10(2)17-13)19-12-7-5-4-6-11(12)15/h4-7,9H,3,8H2,1-2H3,(H2,16,17,18,19). The Bertz CT molecular complexity index is 557. The van der Waals surface area contributed by atoms with Gasteiger partial charge in [-0.05, 0) is 48.1 Å². The minimum absolute atomic E-state index is 0.759. The van der Waals surface area contributed by atoms with Crippen LogP contribution in [-0.2, 0) is 0 Å². The summed E-state index contributed by atoms with van der Waals surface area (Å²) < 4.78 is 1.17. The molecule has 2 rings (SSSR count). The van der Waals surface area contributed by atoms with E-state index in [1.54, 1.807) is 0 Å². The van der Waals surface area contributed by atoms with E-state index in [-0.39, 0.29) is 0 Å². The summed E-state index contributed by atoms with van der Waals surface area (Å²) in [6.07, 6.45) is 1.07. The Morgan fingerprint density at radius 2 is 1.89 bits per heavy atom. The summed E-state index contributed by atoms with van der Waals surface area (Å²) in [6, 6.07) is 10.1. The molecule has 0 unspecified atom stereocenters. The molecule has 0 fully saturated rings. The quantitative estimate of drug-likeness (QED) is 0.785. The summed E-state index contributed by atoms with van der Waals surface area (Å²) in [5.74, 6) is 2.44. The number of nitrogens with one attached hydrogen (secondary N) is 2. The van der Waals surface area contributed by atoms with Gasteiger partial charge in [-0.25, -0.2) is 9.97 Å². The predicted molar refractivity (Wildman–Crippen MR) is 88.0 cm³/mol. The Labute approximate surface area is 127 Å². The van der Waals surface area contributed by atoms with E-state index in [1.165, 1.54) is 3.57 Å². The van der Waals surface area contributed by atoms with E-state index in [4.69, 9.17) is 0 Å². The van der Waals surface area contributed by atoms with Gasteiger partial charge in [-0.2, -0.15) is 0 Å². The first kappa shape index (κ1) is 14.0. The fraction of sp³-hybridized carbons (Fsp3) is 0.286. The molecular formula is C14H17IN4. The SMILES string of the molecule is CCCNc1cc(Nc2ccccc2I)nc(C)n1. The van der Waals surface area contributed by atoms with Crippen molar-refractivity contribution < 1.29 is 0 Å². The van der Waals surface area contributed by atoms with Crippen molar-refractivity contribution in [2.45, 2.75) is 20.3 Å². The monoisotopic (exact) mass is 368 g/mol. The summed E-state index contributed by atoms with van der Waals surface area (Å²) in [5.41, 5.74) is 1.06. The summed E-state index contributed by atoms with van der Waals surface area (Å²) >= 11 is 2.31. The highest BCUT2D eigenvalue weighted by atomic mass is 127. The van der Waals surface area contributed by atoms with Gasteiger partial charge < -0.3 is 10.6 Å². The van der Waals surface area contributed by atoms with Gasteiger partial charge in [0.2, 0.25) is 0 Å². The number of anilines is 3. The zero-order valence-electron chi connectivity index (χ0n) is 11.1. The third kappa shape index (κ3) is 4.05. The molecule has 2 aromatic rings. The third-order valence-corrected chi connectivity index (χ3v) is 3.47. The summed E-state index contributed by atoms with van der Waals surface area (Å²) in [5, 5.41) is 6.61. The van der Waals surface area contributed by atoms with Crippen molar-refractivity contribution in [2.24, 2.45) is 0 Å². The van der Waals surface area contributed by atoms with Crippen LogP contribution in [0.2, 0.25) is 0 Å². The molecule has 1 heterocycles. The fourth-order valence-electron chi connectivity index (χ4n) is 1.68. The van der Waals surface area contributed by atoms with Crippen LogP contribution >= 0.6 is 22.6 Å². The van der Waals surface area contributed by atoms with E-state index in [0.29, 0.717) is 0 Å². The lowest BCUT2D eigenvalue weighted by Gasteiger charge is -2.10. The molecule has 0 atom stereocenters. The zero-order valence-corrected chi connectivity index (χ0v) is 13.2. The molecule has 0 amide bonds. The predicted octanol–water partition coefficient (Wildman–Crippen LogP) is 3.96. The van der Waals surface area contributed by atoms with Crippen LogP contribution in [0.1, 0.15) is 19.2 Å². The van der Waals surface area contributed by atoms with E-state index in [9.17, 15) is 0 Å². The van der Waals surface area contributed by atoms with Crippen molar-refractivity contribution in [3.8, 4) is 0 Å². The maximum atomic E-state index is 4.41. The number of hydrogen-bond acceptors (Lipinski definition) is 4. The van der Waals surface area contributed by atoms with Gasteiger partial charge in [0.1, 0.15) is 17.5 Å². The maximum absolute atomic E-state index is 4.41. The van der Waals surface area contributed by atoms with Crippen LogP contribution in [0.25, 0.3) is 0 Å². The van der Waals surface area contributed by atoms with E-state index in [1.807, 2.05) is 31.2 Å². The average molecular weight is 368 g/mol. The third-order valence-electron chi connectivity index (χ3n) is 2.53. The highest BCUT2D eigenvalue weighted by molar-refractivity contribution is 14.1. The first-order valence-electron chi connectivity index (χ1n) is 6.30. The Morgan fingerprint density at radius 3 is 2.63 bits per heavy atom. The minimum Gasteiger partial charge on any atom is -0.370 e. The molecule has 0 aliphatic rings. The van der Waals surface area contributed by atoms with Crippen molar-refractivity contribution in [2.75, 3.05) is 17.2 Å². The van der Waals surface area contributed by atoms with Crippen molar-refractivity contribution in [3.05, 3.63) is 39.7 Å². The number of para-hydroxylation sites is 1. The van der Waals surface area contributed by atoms with Gasteiger partial charge in [0.25, 0.3) is 0 Å². The van der Waals surface area contributed by atoms with Gasteiger partial charge in [0.15, 0.2) is 0 Å². The van der Waals surface area contributed by atoms with E-state index in [2.05, 4.69) is 56.2 Å². The topological polar surface area (TPSA) is 49.8 Å². The van der Waals surface area contributed by atoms with Gasteiger partial charge in [-0.15, -0.1) is 0 Å². The number of rotatable bonds is 5. The lowest BCUT2D eigenvalue weighted by Crippen LogP contribution is -2.05. The highest BCUT2D eigenvalue weighted by Crippen LogP contribution is 2.22. The zero-order chi connectivity index (χ0) is 13.7. The van der Waals surface area contributed by atoms with Crippen LogP contribution in [-0.4, -0.2) is 16.5 Å². The lowest BCUT2D eigenvalue weighted by atomic mass is 10.3. The van der Waals surface area contributed by atoms with Crippen molar-refractivity contribution >= 4 is 39.9 Å². The molecule has 100 valence electrons. The number of nitrogens with zero attached hydrogens (tertiary/aromatic N) is 2. The van der Waals surface area contributed by atoms with Crippen molar-refractivity contribution in [3.63, 3.8) is 0 Å². The number of aryl methyl sites for hydroxylation is 1. The van der Waals surface area contributed by atoms with Gasteiger partial charge in [-0.3, -0.25) is 0 Å². The molecular weight excluding hydrogens is 351 g/mol. The van der Waals surface area contributed by atoms with Crippen LogP contribution in [0.3, 0.4) is 0 Å². The Kier molecular flexibility index (Phi) is 4.95. The molecule has 0 radical (unpaired) electrons. The van der Waals surface area contributed by atoms with Gasteiger partial charge in [-0.1, -0.05) is 19.1 Å². The molecule has 1 aromatic carbocycles. The second kappa shape index (κ2) is 6.70. The molecule has 0 bridgehead atoms. The molecule has 0 saturated carbocycles. The molecule has 2 N–H and O–H groups in total. The second-order valence-corrected chi connectivity index (χ2v) is 5.38. The summed E-state index contributed by atoms with van der Waals surface area (Å²) in [4.78, 5) is 8.78.